The van der Waals surface area contributed by atoms with Gasteiger partial charge in [-0.1, -0.05) is 33.8 Å². The number of hydrogen-bond donors (Lipinski definition) is 0. The maximum atomic E-state index is 10.2. The molecule has 11 nitrogen and oxygen atoms in total. The third kappa shape index (κ3) is 36.4. The molecule has 0 N–H and O–H groups in total. The van der Waals surface area contributed by atoms with Gasteiger partial charge in [0.25, 0.3) is 0 Å². The fourth-order valence-corrected chi connectivity index (χ4v) is 1.01. The summed E-state index contributed by atoms with van der Waals surface area (Å²) in [6, 6.07) is 0. The largest absolute Gasteiger partial charge is 0.508 e. The van der Waals surface area contributed by atoms with E-state index in [0.717, 1.165) is 11.8 Å². The van der Waals surface area contributed by atoms with E-state index < -0.39 is 28.3 Å². The predicted molar refractivity (Wildman–Crippen MR) is 111 cm³/mol. The van der Waals surface area contributed by atoms with Gasteiger partial charge in [-0.25, -0.2) is 22.8 Å². The van der Waals surface area contributed by atoms with Crippen molar-refractivity contribution in [3.8, 4) is 0 Å². The van der Waals surface area contributed by atoms with Gasteiger partial charge in [-0.15, -0.1) is 0 Å². The lowest BCUT2D eigenvalue weighted by atomic mass is 10.6. The first-order valence-electron chi connectivity index (χ1n) is 8.90. The van der Waals surface area contributed by atoms with Crippen LogP contribution in [0.1, 0.15) is 34.1 Å². The molecule has 1 rings (SSSR count). The van der Waals surface area contributed by atoms with Gasteiger partial charge in [-0.05, 0) is 13.8 Å². The molecule has 0 bridgehead atoms. The second-order valence-corrected chi connectivity index (χ2v) is 6.58. The lowest BCUT2D eigenvalue weighted by Gasteiger charge is -1.98. The summed E-state index contributed by atoms with van der Waals surface area (Å²) in [5, 5.41) is 0.965. The van der Waals surface area contributed by atoms with Crippen molar-refractivity contribution >= 4 is 28.3 Å². The number of hydrogen-bond acceptors (Lipinski definition) is 11. The molecule has 0 atom stereocenters. The van der Waals surface area contributed by atoms with Crippen LogP contribution in [0, 0.1) is 6.92 Å². The number of carbonyl (C=O) groups is 3. The van der Waals surface area contributed by atoms with Crippen LogP contribution in [0.25, 0.3) is 0 Å². The minimum absolute atomic E-state index is 0.149. The number of cyclic esters (lactones) is 2. The quantitative estimate of drug-likeness (QED) is 0.450. The van der Waals surface area contributed by atoms with Crippen LogP contribution in [0.15, 0.2) is 12.0 Å². The highest BCUT2D eigenvalue weighted by Gasteiger charge is 2.09. The third-order valence-electron chi connectivity index (χ3n) is 2.04. The first-order chi connectivity index (χ1) is 14.0. The summed E-state index contributed by atoms with van der Waals surface area (Å²) in [6.45, 7) is 15.2. The number of rotatable bonds is 4. The van der Waals surface area contributed by atoms with Crippen LogP contribution in [0.3, 0.4) is 0 Å². The van der Waals surface area contributed by atoms with E-state index in [-0.39, 0.29) is 5.75 Å². The molecular weight excluding hydrogens is 424 g/mol. The molecule has 30 heavy (non-hydrogen) atoms. The molecule has 0 aliphatic carbocycles. The smallest absolute Gasteiger partial charge is 0.438 e. The molecule has 0 aromatic carbocycles. The summed E-state index contributed by atoms with van der Waals surface area (Å²) in [7, 11) is -0.382. The number of ether oxygens (including phenoxy) is 6. The highest BCUT2D eigenvalue weighted by Crippen LogP contribution is 1.92. The summed E-state index contributed by atoms with van der Waals surface area (Å²) >= 11 is 0. The second-order valence-electron chi connectivity index (χ2n) is 4.34. The summed E-state index contributed by atoms with van der Waals surface area (Å²) in [5.74, 6) is 0.149. The third-order valence-corrected chi connectivity index (χ3v) is 3.35. The minimum atomic E-state index is -2.89. The van der Waals surface area contributed by atoms with Crippen molar-refractivity contribution in [1.29, 1.82) is 0 Å². The molecule has 1 aliphatic heterocycles. The molecule has 0 saturated carbocycles. The van der Waals surface area contributed by atoms with Crippen molar-refractivity contribution in [3.05, 3.63) is 18.9 Å². The normalized spacial score (nSPS) is 10.7. The molecule has 0 spiro atoms. The molecule has 1 radical (unpaired) electrons. The zero-order valence-electron chi connectivity index (χ0n) is 18.6. The standard InChI is InChI=1S/C5H10O3.C4H8O2S.C3H4O3.C3H6O3.C3H7/c1-3-7-5(6)8-4-2;1-3-7(5,6)4-2;4-3-5-1-2-6-3;1-5-3(4)6-2;1-3-2/h3-4H2,1-2H3;3H,1,4H2,2H3;1-2H2;1-2H3;1,3H2,2H3. The first kappa shape index (κ1) is 35.0. The second kappa shape index (κ2) is 26.5. The maximum Gasteiger partial charge on any atom is 0.508 e. The Bertz CT molecular complexity index is 506. The van der Waals surface area contributed by atoms with E-state index >= 15 is 0 Å². The van der Waals surface area contributed by atoms with E-state index in [4.69, 9.17) is 0 Å². The average molecular weight is 460 g/mol. The van der Waals surface area contributed by atoms with Crippen LogP contribution in [-0.4, -0.2) is 73.3 Å². The van der Waals surface area contributed by atoms with Gasteiger partial charge in [-0.2, -0.15) is 0 Å². The van der Waals surface area contributed by atoms with Crippen molar-refractivity contribution in [2.24, 2.45) is 0 Å². The van der Waals surface area contributed by atoms with Crippen LogP contribution in [0.4, 0.5) is 14.4 Å². The molecule has 1 saturated heterocycles. The lowest BCUT2D eigenvalue weighted by molar-refractivity contribution is 0.0630. The molecule has 0 aromatic heterocycles. The Morgan fingerprint density at radius 2 is 1.33 bits per heavy atom. The molecule has 0 unspecified atom stereocenters. The van der Waals surface area contributed by atoms with E-state index in [0.29, 0.717) is 26.4 Å². The van der Waals surface area contributed by atoms with E-state index in [1.807, 2.05) is 6.92 Å². The lowest BCUT2D eigenvalue weighted by Crippen LogP contribution is -2.05. The van der Waals surface area contributed by atoms with Crippen LogP contribution in [-0.2, 0) is 38.3 Å². The Hall–Kier alpha value is -2.50. The molecule has 0 amide bonds. The highest BCUT2D eigenvalue weighted by atomic mass is 32.2. The first-order valence-corrected chi connectivity index (χ1v) is 10.6. The predicted octanol–water partition coefficient (Wildman–Crippen LogP) is 3.53. The van der Waals surface area contributed by atoms with E-state index in [9.17, 15) is 22.8 Å². The number of sulfone groups is 1. The molecule has 1 aliphatic rings. The summed E-state index contributed by atoms with van der Waals surface area (Å²) in [4.78, 5) is 29.7. The zero-order valence-corrected chi connectivity index (χ0v) is 19.4. The van der Waals surface area contributed by atoms with E-state index in [1.165, 1.54) is 14.2 Å². The van der Waals surface area contributed by atoms with Gasteiger partial charge in [0.15, 0.2) is 9.84 Å². The molecule has 1 fully saturated rings. The van der Waals surface area contributed by atoms with Crippen molar-refractivity contribution in [2.75, 3.05) is 46.4 Å². The van der Waals surface area contributed by atoms with Gasteiger partial charge in [0.05, 0.1) is 33.2 Å². The van der Waals surface area contributed by atoms with Crippen molar-refractivity contribution in [3.63, 3.8) is 0 Å². The molecule has 0 aromatic rings. The summed E-state index contributed by atoms with van der Waals surface area (Å²) < 4.78 is 46.0. The van der Waals surface area contributed by atoms with Gasteiger partial charge < -0.3 is 28.4 Å². The van der Waals surface area contributed by atoms with E-state index in [1.54, 1.807) is 20.8 Å². The van der Waals surface area contributed by atoms with Crippen LogP contribution < -0.4 is 0 Å². The Balaban J connectivity index is -0.000000144. The van der Waals surface area contributed by atoms with Gasteiger partial charge in [0, 0.05) is 5.41 Å². The van der Waals surface area contributed by atoms with Gasteiger partial charge >= 0.3 is 18.5 Å². The zero-order chi connectivity index (χ0) is 24.4. The Morgan fingerprint density at radius 3 is 1.43 bits per heavy atom. The van der Waals surface area contributed by atoms with Crippen LogP contribution in [0.2, 0.25) is 0 Å². The monoisotopic (exact) mass is 459 g/mol. The SMILES string of the molecule is C=CS(=O)(=O)CC.CCOC(=O)OCC.COC(=O)OC.O=C1OCCO1.[CH2]CC. The van der Waals surface area contributed by atoms with Gasteiger partial charge in [-0.3, -0.25) is 0 Å². The summed E-state index contributed by atoms with van der Waals surface area (Å²) in [6.07, 6.45) is -0.792. The fourth-order valence-electron chi connectivity index (χ4n) is 0.770. The average Bonchev–Trinajstić information content (AvgIpc) is 3.20. The van der Waals surface area contributed by atoms with Crippen LogP contribution >= 0.6 is 0 Å². The highest BCUT2D eigenvalue weighted by molar-refractivity contribution is 7.94. The van der Waals surface area contributed by atoms with E-state index in [2.05, 4.69) is 41.9 Å². The van der Waals surface area contributed by atoms with Gasteiger partial charge in [0.1, 0.15) is 13.2 Å². The van der Waals surface area contributed by atoms with Crippen LogP contribution in [0.5, 0.6) is 0 Å². The van der Waals surface area contributed by atoms with Crippen molar-refractivity contribution < 1.29 is 51.2 Å². The van der Waals surface area contributed by atoms with Crippen molar-refractivity contribution in [2.45, 2.75) is 34.1 Å². The molecule has 12 heteroatoms. The van der Waals surface area contributed by atoms with Gasteiger partial charge in [0.2, 0.25) is 0 Å². The minimum Gasteiger partial charge on any atom is -0.438 e. The topological polar surface area (TPSA) is 141 Å². The summed E-state index contributed by atoms with van der Waals surface area (Å²) in [5.41, 5.74) is 0. The Kier molecular flexibility index (Phi) is 30.9. The van der Waals surface area contributed by atoms with Crippen molar-refractivity contribution in [1.82, 2.24) is 0 Å². The fraction of sp³-hybridized carbons (Fsp3) is 0.667. The Morgan fingerprint density at radius 1 is 0.967 bits per heavy atom. The number of carbonyl (C=O) groups excluding carboxylic acids is 3. The maximum absolute atomic E-state index is 10.2. The molecule has 179 valence electrons. The molecular formula is C18H35O11S. The molecule has 1 heterocycles. The number of methoxy groups -OCH3 is 2. The Labute approximate surface area is 179 Å².